The summed E-state index contributed by atoms with van der Waals surface area (Å²) in [5.74, 6) is 0.522. The predicted octanol–water partition coefficient (Wildman–Crippen LogP) is 3.90. The molecule has 0 radical (unpaired) electrons. The maximum Gasteiger partial charge on any atom is 0.138 e. The summed E-state index contributed by atoms with van der Waals surface area (Å²) >= 11 is 1.57. The first-order valence-corrected chi connectivity index (χ1v) is 6.89. The Bertz CT molecular complexity index is 671. The molecule has 0 unspecified atom stereocenters. The van der Waals surface area contributed by atoms with Gasteiger partial charge in [-0.05, 0) is 30.7 Å². The number of rotatable bonds is 3. The summed E-state index contributed by atoms with van der Waals surface area (Å²) in [6.07, 6.45) is 2.66. The molecular weight excluding hydrogens is 261 g/mol. The molecule has 0 spiro atoms. The van der Waals surface area contributed by atoms with Crippen LogP contribution in [0.5, 0.6) is 0 Å². The van der Waals surface area contributed by atoms with Gasteiger partial charge < -0.3 is 4.98 Å². The molecule has 3 nitrogen and oxygen atoms in total. The fourth-order valence-electron chi connectivity index (χ4n) is 1.95. The molecule has 2 heterocycles. The zero-order valence-corrected chi connectivity index (χ0v) is 11.2. The lowest BCUT2D eigenvalue weighted by Gasteiger charge is -1.96. The maximum atomic E-state index is 12.9. The van der Waals surface area contributed by atoms with Crippen LogP contribution in [0.3, 0.4) is 0 Å². The fourth-order valence-corrected chi connectivity index (χ4v) is 2.60. The number of imidazole rings is 1. The smallest absolute Gasteiger partial charge is 0.138 e. The standard InChI is InChI=1S/C14H12FN3S/c1-2-11-13(12-7-16-8-19-12)18-14(17-11)9-3-5-10(15)6-4-9/h3-8H,2H2,1H3,(H,17,18). The number of thiazole rings is 1. The molecule has 3 aromatic rings. The van der Waals surface area contributed by atoms with Crippen LogP contribution in [0.4, 0.5) is 4.39 Å². The molecule has 1 N–H and O–H groups in total. The Balaban J connectivity index is 2.07. The molecule has 0 aliphatic rings. The Labute approximate surface area is 114 Å². The summed E-state index contributed by atoms with van der Waals surface area (Å²) in [6, 6.07) is 6.33. The third-order valence-corrected chi connectivity index (χ3v) is 3.70. The number of halogens is 1. The minimum atomic E-state index is -0.242. The molecular formula is C14H12FN3S. The molecule has 0 aliphatic heterocycles. The van der Waals surface area contributed by atoms with E-state index in [2.05, 4.69) is 21.9 Å². The first kappa shape index (κ1) is 12.0. The molecule has 3 rings (SSSR count). The highest BCUT2D eigenvalue weighted by Gasteiger charge is 2.13. The Morgan fingerprint density at radius 1 is 1.26 bits per heavy atom. The zero-order chi connectivity index (χ0) is 13.2. The quantitative estimate of drug-likeness (QED) is 0.786. The molecule has 0 aliphatic carbocycles. The SMILES string of the molecule is CCc1nc(-c2ccc(F)cc2)[nH]c1-c1cncs1. The van der Waals surface area contributed by atoms with Gasteiger partial charge in [-0.25, -0.2) is 9.37 Å². The average molecular weight is 273 g/mol. The van der Waals surface area contributed by atoms with E-state index < -0.39 is 0 Å². The molecule has 5 heteroatoms. The van der Waals surface area contributed by atoms with Crippen molar-refractivity contribution in [2.45, 2.75) is 13.3 Å². The van der Waals surface area contributed by atoms with Gasteiger partial charge in [-0.1, -0.05) is 6.92 Å². The topological polar surface area (TPSA) is 41.6 Å². The van der Waals surface area contributed by atoms with Gasteiger partial charge in [0.1, 0.15) is 11.6 Å². The van der Waals surface area contributed by atoms with E-state index in [1.165, 1.54) is 12.1 Å². The fraction of sp³-hybridized carbons (Fsp3) is 0.143. The maximum absolute atomic E-state index is 12.9. The van der Waals surface area contributed by atoms with Crippen molar-refractivity contribution >= 4 is 11.3 Å². The molecule has 0 fully saturated rings. The van der Waals surface area contributed by atoms with Crippen LogP contribution >= 0.6 is 11.3 Å². The zero-order valence-electron chi connectivity index (χ0n) is 10.4. The van der Waals surface area contributed by atoms with Gasteiger partial charge in [-0.15, -0.1) is 11.3 Å². The third-order valence-electron chi connectivity index (χ3n) is 2.91. The highest BCUT2D eigenvalue weighted by molar-refractivity contribution is 7.13. The molecule has 0 bridgehead atoms. The highest BCUT2D eigenvalue weighted by Crippen LogP contribution is 2.28. The average Bonchev–Trinajstić information content (AvgIpc) is 3.08. The lowest BCUT2D eigenvalue weighted by Crippen LogP contribution is -1.83. The summed E-state index contributed by atoms with van der Waals surface area (Å²) in [4.78, 5) is 13.0. The van der Waals surface area contributed by atoms with Gasteiger partial charge in [0.05, 0.1) is 21.8 Å². The lowest BCUT2D eigenvalue weighted by atomic mass is 10.2. The van der Waals surface area contributed by atoms with E-state index in [4.69, 9.17) is 0 Å². The molecule has 96 valence electrons. The predicted molar refractivity (Wildman–Crippen MR) is 74.5 cm³/mol. The van der Waals surface area contributed by atoms with Crippen LogP contribution in [0.1, 0.15) is 12.6 Å². The molecule has 0 saturated heterocycles. The van der Waals surface area contributed by atoms with Gasteiger partial charge in [0.15, 0.2) is 0 Å². The number of aromatic nitrogens is 3. The second-order valence-electron chi connectivity index (χ2n) is 4.13. The van der Waals surface area contributed by atoms with Gasteiger partial charge >= 0.3 is 0 Å². The minimum Gasteiger partial charge on any atom is -0.337 e. The normalized spacial score (nSPS) is 10.8. The molecule has 0 amide bonds. The Hall–Kier alpha value is -2.01. The summed E-state index contributed by atoms with van der Waals surface area (Å²) in [6.45, 7) is 2.06. The monoisotopic (exact) mass is 273 g/mol. The molecule has 19 heavy (non-hydrogen) atoms. The molecule has 2 aromatic heterocycles. The molecule has 0 atom stereocenters. The Kier molecular flexibility index (Phi) is 3.13. The number of nitrogens with one attached hydrogen (secondary N) is 1. The number of hydrogen-bond donors (Lipinski definition) is 1. The summed E-state index contributed by atoms with van der Waals surface area (Å²) in [5, 5.41) is 0. The van der Waals surface area contributed by atoms with Gasteiger partial charge in [-0.2, -0.15) is 0 Å². The van der Waals surface area contributed by atoms with Crippen LogP contribution in [0.25, 0.3) is 22.0 Å². The Morgan fingerprint density at radius 2 is 2.05 bits per heavy atom. The number of aromatic amines is 1. The lowest BCUT2D eigenvalue weighted by molar-refractivity contribution is 0.628. The number of hydrogen-bond acceptors (Lipinski definition) is 3. The largest absolute Gasteiger partial charge is 0.337 e. The van der Waals surface area contributed by atoms with Crippen molar-refractivity contribution in [1.82, 2.24) is 15.0 Å². The van der Waals surface area contributed by atoms with Gasteiger partial charge in [0, 0.05) is 11.8 Å². The first-order valence-electron chi connectivity index (χ1n) is 6.01. The van der Waals surface area contributed by atoms with Crippen LogP contribution in [-0.4, -0.2) is 15.0 Å². The van der Waals surface area contributed by atoms with E-state index in [1.54, 1.807) is 29.0 Å². The Morgan fingerprint density at radius 3 is 2.68 bits per heavy atom. The van der Waals surface area contributed by atoms with E-state index in [0.717, 1.165) is 34.1 Å². The van der Waals surface area contributed by atoms with Crippen LogP contribution in [0.15, 0.2) is 36.0 Å². The number of H-pyrrole nitrogens is 1. The van der Waals surface area contributed by atoms with E-state index in [0.29, 0.717) is 0 Å². The second kappa shape index (κ2) is 4.93. The van der Waals surface area contributed by atoms with E-state index in [1.807, 2.05) is 6.20 Å². The van der Waals surface area contributed by atoms with Crippen LogP contribution < -0.4 is 0 Å². The first-order chi connectivity index (χ1) is 9.28. The third kappa shape index (κ3) is 2.29. The van der Waals surface area contributed by atoms with Crippen LogP contribution in [0, 0.1) is 5.82 Å². The van der Waals surface area contributed by atoms with E-state index >= 15 is 0 Å². The van der Waals surface area contributed by atoms with Crippen molar-refractivity contribution in [1.29, 1.82) is 0 Å². The minimum absolute atomic E-state index is 0.242. The van der Waals surface area contributed by atoms with Crippen molar-refractivity contribution in [3.63, 3.8) is 0 Å². The second-order valence-corrected chi connectivity index (χ2v) is 5.02. The molecule has 1 aromatic carbocycles. The number of aryl methyl sites for hydroxylation is 1. The van der Waals surface area contributed by atoms with Crippen molar-refractivity contribution in [2.75, 3.05) is 0 Å². The summed E-state index contributed by atoms with van der Waals surface area (Å²) < 4.78 is 12.9. The van der Waals surface area contributed by atoms with Crippen molar-refractivity contribution in [2.24, 2.45) is 0 Å². The number of nitrogens with zero attached hydrogens (tertiary/aromatic N) is 2. The van der Waals surface area contributed by atoms with Crippen LogP contribution in [0.2, 0.25) is 0 Å². The van der Waals surface area contributed by atoms with Gasteiger partial charge in [-0.3, -0.25) is 4.98 Å². The van der Waals surface area contributed by atoms with Crippen LogP contribution in [-0.2, 0) is 6.42 Å². The van der Waals surface area contributed by atoms with E-state index in [9.17, 15) is 4.39 Å². The van der Waals surface area contributed by atoms with Crippen molar-refractivity contribution < 1.29 is 4.39 Å². The van der Waals surface area contributed by atoms with E-state index in [-0.39, 0.29) is 5.82 Å². The summed E-state index contributed by atoms with van der Waals surface area (Å²) in [5.41, 5.74) is 4.69. The highest BCUT2D eigenvalue weighted by atomic mass is 32.1. The number of benzene rings is 1. The van der Waals surface area contributed by atoms with Gasteiger partial charge in [0.2, 0.25) is 0 Å². The van der Waals surface area contributed by atoms with Crippen molar-refractivity contribution in [3.05, 3.63) is 47.5 Å². The molecule has 0 saturated carbocycles. The summed E-state index contributed by atoms with van der Waals surface area (Å²) in [7, 11) is 0. The van der Waals surface area contributed by atoms with Gasteiger partial charge in [0.25, 0.3) is 0 Å². The van der Waals surface area contributed by atoms with Crippen molar-refractivity contribution in [3.8, 4) is 22.0 Å².